The van der Waals surface area contributed by atoms with Crippen LogP contribution < -0.4 is 5.73 Å². The van der Waals surface area contributed by atoms with Crippen LogP contribution in [0.4, 0.5) is 0 Å². The molecule has 16 heavy (non-hydrogen) atoms. The summed E-state index contributed by atoms with van der Waals surface area (Å²) in [7, 11) is 0. The quantitative estimate of drug-likeness (QED) is 0.520. The van der Waals surface area contributed by atoms with Crippen LogP contribution in [0.5, 0.6) is 0 Å². The fourth-order valence-corrected chi connectivity index (χ4v) is 1.41. The maximum Gasteiger partial charge on any atom is 0.0701 e. The van der Waals surface area contributed by atoms with Gasteiger partial charge in [-0.1, -0.05) is 0 Å². The molecule has 4 nitrogen and oxygen atoms in total. The highest BCUT2D eigenvalue weighted by molar-refractivity contribution is 4.50. The number of hydrogen-bond donors (Lipinski definition) is 1. The van der Waals surface area contributed by atoms with Crippen molar-refractivity contribution in [1.29, 1.82) is 0 Å². The number of rotatable bonds is 12. The second-order valence-corrected chi connectivity index (χ2v) is 3.78. The Morgan fingerprint density at radius 2 is 1.69 bits per heavy atom. The lowest BCUT2D eigenvalue weighted by atomic mass is 10.2. The summed E-state index contributed by atoms with van der Waals surface area (Å²) in [6.07, 6.45) is 3.73. The van der Waals surface area contributed by atoms with E-state index in [0.29, 0.717) is 32.5 Å². The van der Waals surface area contributed by atoms with Crippen LogP contribution in [0.25, 0.3) is 0 Å². The molecular formula is C12H27NO3. The maximum atomic E-state index is 5.44. The van der Waals surface area contributed by atoms with Crippen LogP contribution in [-0.2, 0) is 14.2 Å². The molecule has 0 rings (SSSR count). The SMILES string of the molecule is CCOC(C)CCCCOCCOCCN. The Bertz CT molecular complexity index is 133. The van der Waals surface area contributed by atoms with Gasteiger partial charge < -0.3 is 19.9 Å². The molecule has 1 unspecified atom stereocenters. The van der Waals surface area contributed by atoms with Gasteiger partial charge in [0.2, 0.25) is 0 Å². The molecule has 2 N–H and O–H groups in total. The molecule has 4 heteroatoms. The minimum Gasteiger partial charge on any atom is -0.379 e. The van der Waals surface area contributed by atoms with Gasteiger partial charge in [-0.3, -0.25) is 0 Å². The van der Waals surface area contributed by atoms with Crippen molar-refractivity contribution in [1.82, 2.24) is 0 Å². The molecule has 0 aliphatic rings. The Balaban J connectivity index is 2.98. The summed E-state index contributed by atoms with van der Waals surface area (Å²) < 4.78 is 16.0. The van der Waals surface area contributed by atoms with Crippen molar-refractivity contribution in [2.45, 2.75) is 39.2 Å². The molecule has 0 amide bonds. The van der Waals surface area contributed by atoms with Gasteiger partial charge in [-0.2, -0.15) is 0 Å². The molecule has 98 valence electrons. The molecule has 0 saturated carbocycles. The first kappa shape index (κ1) is 15.8. The van der Waals surface area contributed by atoms with Crippen molar-refractivity contribution in [3.63, 3.8) is 0 Å². The fourth-order valence-electron chi connectivity index (χ4n) is 1.41. The smallest absolute Gasteiger partial charge is 0.0701 e. The van der Waals surface area contributed by atoms with E-state index in [0.717, 1.165) is 32.5 Å². The lowest BCUT2D eigenvalue weighted by Gasteiger charge is -2.11. The minimum atomic E-state index is 0.373. The molecule has 0 aliphatic carbocycles. The van der Waals surface area contributed by atoms with Gasteiger partial charge in [0.15, 0.2) is 0 Å². The lowest BCUT2D eigenvalue weighted by Crippen LogP contribution is -2.12. The van der Waals surface area contributed by atoms with Crippen LogP contribution in [0.15, 0.2) is 0 Å². The molecule has 1 atom stereocenters. The first-order chi connectivity index (χ1) is 7.81. The molecule has 0 heterocycles. The van der Waals surface area contributed by atoms with Gasteiger partial charge in [0.05, 0.1) is 25.9 Å². The van der Waals surface area contributed by atoms with E-state index in [1.165, 1.54) is 0 Å². The molecule has 0 aromatic heterocycles. The monoisotopic (exact) mass is 233 g/mol. The van der Waals surface area contributed by atoms with E-state index in [9.17, 15) is 0 Å². The first-order valence-electron chi connectivity index (χ1n) is 6.28. The van der Waals surface area contributed by atoms with Crippen molar-refractivity contribution >= 4 is 0 Å². The molecule has 0 fully saturated rings. The third kappa shape index (κ3) is 11.9. The third-order valence-corrected chi connectivity index (χ3v) is 2.23. The highest BCUT2D eigenvalue weighted by atomic mass is 16.5. The minimum absolute atomic E-state index is 0.373. The zero-order valence-corrected chi connectivity index (χ0v) is 10.7. The van der Waals surface area contributed by atoms with E-state index in [2.05, 4.69) is 6.92 Å². The van der Waals surface area contributed by atoms with E-state index in [1.54, 1.807) is 0 Å². The second-order valence-electron chi connectivity index (χ2n) is 3.78. The second kappa shape index (κ2) is 12.9. The Morgan fingerprint density at radius 1 is 1.00 bits per heavy atom. The van der Waals surface area contributed by atoms with Gasteiger partial charge >= 0.3 is 0 Å². The van der Waals surface area contributed by atoms with Crippen LogP contribution in [0.1, 0.15) is 33.1 Å². The van der Waals surface area contributed by atoms with Crippen LogP contribution in [0, 0.1) is 0 Å². The average molecular weight is 233 g/mol. The Kier molecular flexibility index (Phi) is 12.8. The lowest BCUT2D eigenvalue weighted by molar-refractivity contribution is 0.0441. The molecule has 0 aromatic rings. The summed E-state index contributed by atoms with van der Waals surface area (Å²) in [5, 5.41) is 0. The van der Waals surface area contributed by atoms with Gasteiger partial charge in [0, 0.05) is 19.8 Å². The molecule has 0 radical (unpaired) electrons. The number of hydrogen-bond acceptors (Lipinski definition) is 4. The molecule has 0 saturated heterocycles. The van der Waals surface area contributed by atoms with E-state index in [1.807, 2.05) is 6.92 Å². The molecule has 0 aromatic carbocycles. The van der Waals surface area contributed by atoms with Crippen LogP contribution in [0.3, 0.4) is 0 Å². The predicted molar refractivity (Wildman–Crippen MR) is 65.6 cm³/mol. The third-order valence-electron chi connectivity index (χ3n) is 2.23. The van der Waals surface area contributed by atoms with Crippen molar-refractivity contribution in [2.24, 2.45) is 5.73 Å². The fraction of sp³-hybridized carbons (Fsp3) is 1.00. The van der Waals surface area contributed by atoms with Gasteiger partial charge in [-0.15, -0.1) is 0 Å². The first-order valence-corrected chi connectivity index (χ1v) is 6.28. The topological polar surface area (TPSA) is 53.7 Å². The van der Waals surface area contributed by atoms with E-state index >= 15 is 0 Å². The van der Waals surface area contributed by atoms with Gasteiger partial charge in [0.1, 0.15) is 0 Å². The Labute approximate surface area is 99.4 Å². The standard InChI is InChI=1S/C12H27NO3/c1-3-16-12(2)6-4-5-8-14-10-11-15-9-7-13/h12H,3-11,13H2,1-2H3. The van der Waals surface area contributed by atoms with Crippen molar-refractivity contribution in [2.75, 3.05) is 39.6 Å². The Hall–Kier alpha value is -0.160. The zero-order valence-electron chi connectivity index (χ0n) is 10.7. The van der Waals surface area contributed by atoms with Crippen LogP contribution in [0.2, 0.25) is 0 Å². The summed E-state index contributed by atoms with van der Waals surface area (Å²) >= 11 is 0. The number of unbranched alkanes of at least 4 members (excludes halogenated alkanes) is 1. The van der Waals surface area contributed by atoms with E-state index in [4.69, 9.17) is 19.9 Å². The zero-order chi connectivity index (χ0) is 12.1. The largest absolute Gasteiger partial charge is 0.379 e. The average Bonchev–Trinajstić information content (AvgIpc) is 2.27. The molecule has 0 spiro atoms. The summed E-state index contributed by atoms with van der Waals surface area (Å²) in [5.41, 5.74) is 5.28. The number of nitrogens with two attached hydrogens (primary N) is 1. The van der Waals surface area contributed by atoms with E-state index in [-0.39, 0.29) is 0 Å². The van der Waals surface area contributed by atoms with Gasteiger partial charge in [-0.25, -0.2) is 0 Å². The predicted octanol–water partition coefficient (Wildman–Crippen LogP) is 1.57. The maximum absolute atomic E-state index is 5.44. The van der Waals surface area contributed by atoms with Crippen molar-refractivity contribution < 1.29 is 14.2 Å². The van der Waals surface area contributed by atoms with Crippen molar-refractivity contribution in [3.8, 4) is 0 Å². The van der Waals surface area contributed by atoms with Gasteiger partial charge in [-0.05, 0) is 33.1 Å². The van der Waals surface area contributed by atoms with Crippen LogP contribution >= 0.6 is 0 Å². The summed E-state index contributed by atoms with van der Waals surface area (Å²) in [6.45, 7) is 8.27. The highest BCUT2D eigenvalue weighted by Crippen LogP contribution is 2.04. The summed E-state index contributed by atoms with van der Waals surface area (Å²) in [5.74, 6) is 0. The normalized spacial score (nSPS) is 12.9. The van der Waals surface area contributed by atoms with Crippen LogP contribution in [-0.4, -0.2) is 45.7 Å². The van der Waals surface area contributed by atoms with E-state index < -0.39 is 0 Å². The molecule has 0 bridgehead atoms. The molecule has 0 aliphatic heterocycles. The highest BCUT2D eigenvalue weighted by Gasteiger charge is 1.99. The summed E-state index contributed by atoms with van der Waals surface area (Å²) in [6, 6.07) is 0. The molecular weight excluding hydrogens is 206 g/mol. The summed E-state index contributed by atoms with van der Waals surface area (Å²) in [4.78, 5) is 0. The number of ether oxygens (including phenoxy) is 3. The van der Waals surface area contributed by atoms with Crippen molar-refractivity contribution in [3.05, 3.63) is 0 Å². The van der Waals surface area contributed by atoms with Gasteiger partial charge in [0.25, 0.3) is 0 Å². The Morgan fingerprint density at radius 3 is 2.31 bits per heavy atom.